The molecule has 170 valence electrons. The Morgan fingerprint density at radius 2 is 2.03 bits per heavy atom. The van der Waals surface area contributed by atoms with Gasteiger partial charge in [0.05, 0.1) is 24.3 Å². The molecule has 2 aromatic rings. The first kappa shape index (κ1) is 22.5. The van der Waals surface area contributed by atoms with Crippen molar-refractivity contribution in [2.45, 2.75) is 38.6 Å². The number of aliphatic imine (C=N–C) groups is 1. The van der Waals surface area contributed by atoms with E-state index >= 15 is 0 Å². The molecular weight excluding hydrogens is 428 g/mol. The third kappa shape index (κ3) is 4.59. The number of nitrogens with two attached hydrogens (primary N) is 1. The number of carbonyl (C=O) groups excluding carboxylic acids is 1. The van der Waals surface area contributed by atoms with Crippen LogP contribution in [0.15, 0.2) is 47.5 Å². The summed E-state index contributed by atoms with van der Waals surface area (Å²) in [7, 11) is 0. The molecule has 8 nitrogen and oxygen atoms in total. The van der Waals surface area contributed by atoms with Crippen molar-refractivity contribution in [2.24, 2.45) is 10.7 Å². The van der Waals surface area contributed by atoms with Crippen molar-refractivity contribution in [2.75, 3.05) is 24.6 Å². The number of nitrogens with one attached hydrogen (secondary N) is 3. The van der Waals surface area contributed by atoms with Crippen LogP contribution in [0.25, 0.3) is 0 Å². The lowest BCUT2D eigenvalue weighted by Gasteiger charge is -2.31. The Morgan fingerprint density at radius 1 is 1.25 bits per heavy atom. The lowest BCUT2D eigenvalue weighted by Crippen LogP contribution is -2.47. The van der Waals surface area contributed by atoms with Gasteiger partial charge < -0.3 is 20.7 Å². The van der Waals surface area contributed by atoms with Crippen LogP contribution in [0, 0.1) is 0 Å². The molecule has 0 bridgehead atoms. The Bertz CT molecular complexity index is 996. The van der Waals surface area contributed by atoms with E-state index in [1.54, 1.807) is 0 Å². The van der Waals surface area contributed by atoms with Gasteiger partial charge in [0.15, 0.2) is 0 Å². The average Bonchev–Trinajstić information content (AvgIpc) is 3.11. The molecule has 1 amide bonds. The average molecular weight is 457 g/mol. The summed E-state index contributed by atoms with van der Waals surface area (Å²) in [5.41, 5.74) is 15.9. The Morgan fingerprint density at radius 3 is 2.75 bits per heavy atom. The summed E-state index contributed by atoms with van der Waals surface area (Å²) in [5.74, 6) is 0.693. The lowest BCUT2D eigenvalue weighted by molar-refractivity contribution is -0.121. The monoisotopic (exact) mass is 456 g/mol. The molecule has 5 N–H and O–H groups in total. The highest BCUT2D eigenvalue weighted by Gasteiger charge is 2.40. The summed E-state index contributed by atoms with van der Waals surface area (Å²) < 4.78 is 5.81. The van der Waals surface area contributed by atoms with E-state index in [9.17, 15) is 4.79 Å². The van der Waals surface area contributed by atoms with Crippen LogP contribution in [-0.4, -0.2) is 49.7 Å². The highest BCUT2D eigenvalue weighted by Crippen LogP contribution is 2.36. The number of anilines is 1. The van der Waals surface area contributed by atoms with E-state index < -0.39 is 0 Å². The topological polar surface area (TPSA) is 104 Å². The number of hydrogen-bond donors (Lipinski definition) is 4. The quantitative estimate of drug-likeness (QED) is 0.508. The number of benzene rings is 2. The Labute approximate surface area is 193 Å². The highest BCUT2D eigenvalue weighted by atomic mass is 35.5. The Balaban J connectivity index is 1.85. The van der Waals surface area contributed by atoms with Crippen LogP contribution >= 0.6 is 11.6 Å². The summed E-state index contributed by atoms with van der Waals surface area (Å²) in [6, 6.07) is 13.3. The number of hydrazine groups is 1. The molecule has 0 aliphatic carbocycles. The molecule has 0 aromatic heterocycles. The van der Waals surface area contributed by atoms with Gasteiger partial charge in [0, 0.05) is 34.9 Å². The standard InChI is InChI=1S/C23H29ClN6O2/c1-3-26-21(31)13-19-23-29-28-14(2)30(23)20-9-8-17(32-11-10-25)12-18(20)22(27-19)15-4-6-16(24)7-5-15/h4-9,12,14,19,23,28-29H,3,10-11,13,25H2,1-2H3,(H,26,31). The molecular formula is C23H29ClN6O2. The number of carbonyl (C=O) groups is 1. The van der Waals surface area contributed by atoms with Crippen molar-refractivity contribution in [3.8, 4) is 5.75 Å². The van der Waals surface area contributed by atoms with Crippen LogP contribution in [0.4, 0.5) is 5.69 Å². The zero-order valence-electron chi connectivity index (χ0n) is 18.3. The van der Waals surface area contributed by atoms with E-state index in [1.807, 2.05) is 49.4 Å². The van der Waals surface area contributed by atoms with Crippen molar-refractivity contribution in [3.05, 3.63) is 58.6 Å². The summed E-state index contributed by atoms with van der Waals surface area (Å²) in [5, 5.41) is 3.55. The molecule has 2 aromatic carbocycles. The van der Waals surface area contributed by atoms with Gasteiger partial charge in [-0.1, -0.05) is 23.7 Å². The summed E-state index contributed by atoms with van der Waals surface area (Å²) in [6.07, 6.45) is 0.0795. The fourth-order valence-corrected chi connectivity index (χ4v) is 4.31. The van der Waals surface area contributed by atoms with E-state index in [0.717, 1.165) is 28.3 Å². The van der Waals surface area contributed by atoms with Gasteiger partial charge >= 0.3 is 0 Å². The maximum absolute atomic E-state index is 12.5. The van der Waals surface area contributed by atoms with Crippen LogP contribution in [0.5, 0.6) is 5.75 Å². The minimum Gasteiger partial charge on any atom is -0.492 e. The van der Waals surface area contributed by atoms with Crippen molar-refractivity contribution in [1.29, 1.82) is 0 Å². The molecule has 4 rings (SSSR count). The van der Waals surface area contributed by atoms with Crippen LogP contribution in [0.1, 0.15) is 31.4 Å². The molecule has 9 heteroatoms. The zero-order chi connectivity index (χ0) is 22.7. The van der Waals surface area contributed by atoms with Crippen molar-refractivity contribution in [3.63, 3.8) is 0 Å². The maximum atomic E-state index is 12.5. The molecule has 1 saturated heterocycles. The zero-order valence-corrected chi connectivity index (χ0v) is 19.0. The van der Waals surface area contributed by atoms with Gasteiger partial charge in [-0.05, 0) is 44.2 Å². The smallest absolute Gasteiger partial charge is 0.222 e. The first-order chi connectivity index (χ1) is 15.5. The molecule has 32 heavy (non-hydrogen) atoms. The van der Waals surface area contributed by atoms with Crippen LogP contribution in [0.2, 0.25) is 5.02 Å². The van der Waals surface area contributed by atoms with E-state index in [-0.39, 0.29) is 30.7 Å². The largest absolute Gasteiger partial charge is 0.492 e. The van der Waals surface area contributed by atoms with Crippen LogP contribution < -0.4 is 31.5 Å². The van der Waals surface area contributed by atoms with Crippen molar-refractivity contribution < 1.29 is 9.53 Å². The number of ether oxygens (including phenoxy) is 1. The first-order valence-corrected chi connectivity index (χ1v) is 11.3. The highest BCUT2D eigenvalue weighted by molar-refractivity contribution is 6.30. The van der Waals surface area contributed by atoms with Gasteiger partial charge in [0.1, 0.15) is 18.5 Å². The summed E-state index contributed by atoms with van der Waals surface area (Å²) in [6.45, 7) is 5.43. The van der Waals surface area contributed by atoms with Gasteiger partial charge in [0.25, 0.3) is 0 Å². The SMILES string of the molecule is CCNC(=O)CC1N=C(c2ccc(Cl)cc2)c2cc(OCCN)ccc2N2C(C)NNC12. The van der Waals surface area contributed by atoms with E-state index in [0.29, 0.717) is 24.7 Å². The van der Waals surface area contributed by atoms with E-state index in [4.69, 9.17) is 27.1 Å². The van der Waals surface area contributed by atoms with E-state index in [2.05, 4.69) is 28.0 Å². The molecule has 0 saturated carbocycles. The number of nitrogens with zero attached hydrogens (tertiary/aromatic N) is 2. The third-order valence-corrected chi connectivity index (χ3v) is 5.84. The summed E-state index contributed by atoms with van der Waals surface area (Å²) in [4.78, 5) is 19.9. The number of rotatable bonds is 7. The summed E-state index contributed by atoms with van der Waals surface area (Å²) >= 11 is 6.14. The van der Waals surface area contributed by atoms with Gasteiger partial charge in [-0.3, -0.25) is 9.79 Å². The van der Waals surface area contributed by atoms with Crippen LogP contribution in [-0.2, 0) is 4.79 Å². The number of amides is 1. The predicted octanol–water partition coefficient (Wildman–Crippen LogP) is 2.01. The van der Waals surface area contributed by atoms with Gasteiger partial charge in [-0.15, -0.1) is 0 Å². The second-order valence-corrected chi connectivity index (χ2v) is 8.28. The molecule has 3 unspecified atom stereocenters. The minimum atomic E-state index is -0.314. The van der Waals surface area contributed by atoms with Gasteiger partial charge in [-0.2, -0.15) is 0 Å². The molecule has 0 spiro atoms. The minimum absolute atomic E-state index is 0.00562. The molecule has 2 aliphatic heterocycles. The maximum Gasteiger partial charge on any atom is 0.222 e. The molecule has 1 fully saturated rings. The van der Waals surface area contributed by atoms with Gasteiger partial charge in [-0.25, -0.2) is 10.9 Å². The Hall–Kier alpha value is -2.65. The molecule has 2 heterocycles. The Kier molecular flexibility index (Phi) is 6.95. The number of hydrogen-bond acceptors (Lipinski definition) is 7. The lowest BCUT2D eigenvalue weighted by atomic mass is 9.99. The normalized spacial score (nSPS) is 21.9. The molecule has 0 radical (unpaired) electrons. The third-order valence-electron chi connectivity index (χ3n) is 5.59. The first-order valence-electron chi connectivity index (χ1n) is 10.9. The second kappa shape index (κ2) is 9.87. The van der Waals surface area contributed by atoms with E-state index in [1.165, 1.54) is 0 Å². The number of fused-ring (bicyclic) bond motifs is 3. The van der Waals surface area contributed by atoms with Crippen molar-refractivity contribution >= 4 is 28.9 Å². The second-order valence-electron chi connectivity index (χ2n) is 7.84. The predicted molar refractivity (Wildman–Crippen MR) is 127 cm³/mol. The van der Waals surface area contributed by atoms with Crippen molar-refractivity contribution in [1.82, 2.24) is 16.2 Å². The van der Waals surface area contributed by atoms with Gasteiger partial charge in [0.2, 0.25) is 5.91 Å². The molecule has 3 atom stereocenters. The molecule has 2 aliphatic rings. The fourth-order valence-electron chi connectivity index (χ4n) is 4.18. The number of halogens is 1. The van der Waals surface area contributed by atoms with Crippen LogP contribution in [0.3, 0.4) is 0 Å². The fraction of sp³-hybridized carbons (Fsp3) is 0.391.